The Kier molecular flexibility index (Phi) is 2.86. The molecular weight excluding hydrogens is 286 g/mol. The van der Waals surface area contributed by atoms with Crippen LogP contribution in [-0.2, 0) is 9.84 Å². The van der Waals surface area contributed by atoms with E-state index < -0.39 is 9.84 Å². The molecule has 0 bridgehead atoms. The zero-order chi connectivity index (χ0) is 13.6. The fourth-order valence-corrected chi connectivity index (χ4v) is 4.81. The molecule has 8 heteroatoms. The molecule has 0 radical (unpaired) electrons. The standard InChI is InChI=1S/C11H13N3O3S2/c1-6-4-8(12)18-9(6)11-13-10(14-17-11)7-2-3-19(15,16)5-7/h4,7H,2-3,5,12H2,1H3. The maximum atomic E-state index is 11.4. The monoisotopic (exact) mass is 299 g/mol. The van der Waals surface area contributed by atoms with E-state index in [0.29, 0.717) is 23.1 Å². The van der Waals surface area contributed by atoms with Crippen molar-refractivity contribution >= 4 is 26.2 Å². The number of hydrogen-bond donors (Lipinski definition) is 1. The van der Waals surface area contributed by atoms with Gasteiger partial charge >= 0.3 is 0 Å². The molecule has 0 amide bonds. The van der Waals surface area contributed by atoms with Crippen LogP contribution >= 0.6 is 11.3 Å². The Balaban J connectivity index is 1.90. The van der Waals surface area contributed by atoms with E-state index in [-0.39, 0.29) is 17.4 Å². The predicted molar refractivity (Wildman–Crippen MR) is 72.8 cm³/mol. The zero-order valence-corrected chi connectivity index (χ0v) is 11.9. The molecule has 6 nitrogen and oxygen atoms in total. The lowest BCUT2D eigenvalue weighted by atomic mass is 10.1. The van der Waals surface area contributed by atoms with Crippen molar-refractivity contribution in [2.75, 3.05) is 17.2 Å². The lowest BCUT2D eigenvalue weighted by molar-refractivity contribution is 0.418. The lowest BCUT2D eigenvalue weighted by Crippen LogP contribution is -2.04. The molecule has 19 heavy (non-hydrogen) atoms. The van der Waals surface area contributed by atoms with E-state index >= 15 is 0 Å². The van der Waals surface area contributed by atoms with Crippen LogP contribution in [0.3, 0.4) is 0 Å². The first-order valence-electron chi connectivity index (χ1n) is 5.85. The van der Waals surface area contributed by atoms with Crippen molar-refractivity contribution in [3.05, 3.63) is 17.5 Å². The summed E-state index contributed by atoms with van der Waals surface area (Å²) in [5.41, 5.74) is 6.71. The number of aromatic nitrogens is 2. The van der Waals surface area contributed by atoms with Crippen LogP contribution in [0.1, 0.15) is 23.7 Å². The van der Waals surface area contributed by atoms with Crippen LogP contribution in [0.25, 0.3) is 10.8 Å². The molecule has 102 valence electrons. The fourth-order valence-electron chi connectivity index (χ4n) is 2.21. The van der Waals surface area contributed by atoms with E-state index in [9.17, 15) is 8.42 Å². The first-order chi connectivity index (χ1) is 8.94. The topological polar surface area (TPSA) is 99.1 Å². The molecule has 1 saturated heterocycles. The molecule has 1 unspecified atom stereocenters. The number of nitrogens with two attached hydrogens (primary N) is 1. The van der Waals surface area contributed by atoms with E-state index in [0.717, 1.165) is 10.4 Å². The minimum absolute atomic E-state index is 0.109. The van der Waals surface area contributed by atoms with Gasteiger partial charge in [0.05, 0.1) is 21.4 Å². The minimum atomic E-state index is -2.94. The van der Waals surface area contributed by atoms with Crippen LogP contribution in [0, 0.1) is 6.92 Å². The maximum absolute atomic E-state index is 11.4. The van der Waals surface area contributed by atoms with Crippen molar-refractivity contribution in [3.63, 3.8) is 0 Å². The van der Waals surface area contributed by atoms with E-state index in [1.165, 1.54) is 11.3 Å². The molecule has 0 aliphatic carbocycles. The summed E-state index contributed by atoms with van der Waals surface area (Å²) < 4.78 is 28.1. The molecular formula is C11H13N3O3S2. The van der Waals surface area contributed by atoms with Crippen molar-refractivity contribution in [2.24, 2.45) is 0 Å². The Morgan fingerprint density at radius 3 is 2.89 bits per heavy atom. The summed E-state index contributed by atoms with van der Waals surface area (Å²) in [6.45, 7) is 1.92. The second-order valence-corrected chi connectivity index (χ2v) is 8.03. The van der Waals surface area contributed by atoms with Gasteiger partial charge in [0.2, 0.25) is 0 Å². The minimum Gasteiger partial charge on any atom is -0.391 e. The number of sulfone groups is 1. The van der Waals surface area contributed by atoms with Gasteiger partial charge in [0.15, 0.2) is 15.7 Å². The average Bonchev–Trinajstić information content (AvgIpc) is 2.97. The van der Waals surface area contributed by atoms with Gasteiger partial charge < -0.3 is 10.3 Å². The van der Waals surface area contributed by atoms with Gasteiger partial charge in [-0.2, -0.15) is 4.98 Å². The van der Waals surface area contributed by atoms with Crippen LogP contribution in [0.5, 0.6) is 0 Å². The summed E-state index contributed by atoms with van der Waals surface area (Å²) in [5, 5.41) is 4.60. The molecule has 1 aliphatic heterocycles. The van der Waals surface area contributed by atoms with Crippen LogP contribution in [0.2, 0.25) is 0 Å². The average molecular weight is 299 g/mol. The van der Waals surface area contributed by atoms with Crippen LogP contribution in [0.4, 0.5) is 5.00 Å². The zero-order valence-electron chi connectivity index (χ0n) is 10.3. The van der Waals surface area contributed by atoms with E-state index in [1.807, 2.05) is 13.0 Å². The molecule has 1 aliphatic rings. The van der Waals surface area contributed by atoms with Gasteiger partial charge in [-0.25, -0.2) is 8.42 Å². The normalized spacial score (nSPS) is 21.8. The summed E-state index contributed by atoms with van der Waals surface area (Å²) >= 11 is 1.39. The fraction of sp³-hybridized carbons (Fsp3) is 0.455. The number of anilines is 1. The second-order valence-electron chi connectivity index (χ2n) is 4.72. The summed E-state index contributed by atoms with van der Waals surface area (Å²) in [5.74, 6) is 1.05. The Morgan fingerprint density at radius 1 is 1.53 bits per heavy atom. The van der Waals surface area contributed by atoms with Crippen molar-refractivity contribution in [3.8, 4) is 10.8 Å². The largest absolute Gasteiger partial charge is 0.391 e. The van der Waals surface area contributed by atoms with Crippen LogP contribution in [-0.4, -0.2) is 30.1 Å². The van der Waals surface area contributed by atoms with Gasteiger partial charge in [-0.3, -0.25) is 0 Å². The molecule has 1 fully saturated rings. The van der Waals surface area contributed by atoms with Gasteiger partial charge in [0, 0.05) is 5.92 Å². The van der Waals surface area contributed by atoms with Gasteiger partial charge in [-0.15, -0.1) is 11.3 Å². The molecule has 2 aromatic rings. The van der Waals surface area contributed by atoms with Crippen molar-refractivity contribution < 1.29 is 12.9 Å². The number of thiophene rings is 1. The second kappa shape index (κ2) is 4.31. The number of hydrogen-bond acceptors (Lipinski definition) is 7. The number of nitrogens with zero attached hydrogens (tertiary/aromatic N) is 2. The first-order valence-corrected chi connectivity index (χ1v) is 8.49. The highest BCUT2D eigenvalue weighted by Crippen LogP contribution is 2.34. The highest BCUT2D eigenvalue weighted by atomic mass is 32.2. The summed E-state index contributed by atoms with van der Waals surface area (Å²) in [4.78, 5) is 5.16. The smallest absolute Gasteiger partial charge is 0.268 e. The molecule has 2 N–H and O–H groups in total. The van der Waals surface area contributed by atoms with Gasteiger partial charge in [0.1, 0.15) is 0 Å². The molecule has 0 saturated carbocycles. The number of rotatable bonds is 2. The highest BCUT2D eigenvalue weighted by Gasteiger charge is 2.32. The van der Waals surface area contributed by atoms with E-state index in [2.05, 4.69) is 10.1 Å². The third-order valence-electron chi connectivity index (χ3n) is 3.17. The maximum Gasteiger partial charge on any atom is 0.268 e. The summed E-state index contributed by atoms with van der Waals surface area (Å²) in [7, 11) is -2.94. The SMILES string of the molecule is Cc1cc(N)sc1-c1nc(C2CCS(=O)(=O)C2)no1. The Morgan fingerprint density at radius 2 is 2.32 bits per heavy atom. The molecule has 3 rings (SSSR count). The Bertz CT molecular complexity index is 717. The molecule has 0 aromatic carbocycles. The van der Waals surface area contributed by atoms with Crippen molar-refractivity contribution in [1.82, 2.24) is 10.1 Å². The molecule has 3 heterocycles. The summed E-state index contributed by atoms with van der Waals surface area (Å²) in [6.07, 6.45) is 0.562. The van der Waals surface area contributed by atoms with Crippen LogP contribution < -0.4 is 5.73 Å². The third-order valence-corrected chi connectivity index (χ3v) is 5.99. The van der Waals surface area contributed by atoms with Gasteiger partial charge in [-0.1, -0.05) is 5.16 Å². The molecule has 0 spiro atoms. The quantitative estimate of drug-likeness (QED) is 0.904. The molecule has 1 atom stereocenters. The van der Waals surface area contributed by atoms with Crippen LogP contribution in [0.15, 0.2) is 10.6 Å². The highest BCUT2D eigenvalue weighted by molar-refractivity contribution is 7.91. The van der Waals surface area contributed by atoms with Crippen molar-refractivity contribution in [2.45, 2.75) is 19.3 Å². The molecule has 2 aromatic heterocycles. The third kappa shape index (κ3) is 2.37. The number of nitrogen functional groups attached to an aromatic ring is 1. The van der Waals surface area contributed by atoms with E-state index in [1.54, 1.807) is 0 Å². The predicted octanol–water partition coefficient (Wildman–Crippen LogP) is 1.59. The van der Waals surface area contributed by atoms with E-state index in [4.69, 9.17) is 10.3 Å². The van der Waals surface area contributed by atoms with Gasteiger partial charge in [-0.05, 0) is 25.0 Å². The Hall–Kier alpha value is -1.41. The first kappa shape index (κ1) is 12.6. The lowest BCUT2D eigenvalue weighted by Gasteiger charge is -1.98. The number of aryl methyl sites for hydroxylation is 1. The van der Waals surface area contributed by atoms with Gasteiger partial charge in [0.25, 0.3) is 5.89 Å². The summed E-state index contributed by atoms with van der Waals surface area (Å²) in [6, 6.07) is 1.85. The van der Waals surface area contributed by atoms with Crippen molar-refractivity contribution in [1.29, 1.82) is 0 Å². The Labute approximate surface area is 114 Å².